The topological polar surface area (TPSA) is 26.3 Å². The highest BCUT2D eigenvalue weighted by Gasteiger charge is 2.05. The molecular weight excluding hydrogens is 236 g/mol. The average molecular weight is 260 g/mol. The van der Waals surface area contributed by atoms with Gasteiger partial charge in [-0.25, -0.2) is 0 Å². The van der Waals surface area contributed by atoms with Crippen LogP contribution in [-0.4, -0.2) is 12.6 Å². The predicted octanol–water partition coefficient (Wildman–Crippen LogP) is 4.10. The fraction of sp³-hybridized carbons (Fsp3) is 0.471. The summed E-state index contributed by atoms with van der Waals surface area (Å²) in [5, 5.41) is 0. The van der Waals surface area contributed by atoms with Crippen molar-refractivity contribution in [3.05, 3.63) is 41.5 Å². The molecule has 0 saturated heterocycles. The normalized spacial score (nSPS) is 11.5. The highest BCUT2D eigenvalue weighted by atomic mass is 16.5. The van der Waals surface area contributed by atoms with Crippen molar-refractivity contribution in [2.75, 3.05) is 6.61 Å². The summed E-state index contributed by atoms with van der Waals surface area (Å²) in [6, 6.07) is 8.50. The van der Waals surface area contributed by atoms with Crippen LogP contribution >= 0.6 is 0 Å². The van der Waals surface area contributed by atoms with Crippen molar-refractivity contribution >= 4 is 12.0 Å². The Balaban J connectivity index is 2.42. The molecule has 0 saturated carbocycles. The molecule has 0 aliphatic heterocycles. The van der Waals surface area contributed by atoms with Crippen LogP contribution in [0.1, 0.15) is 38.8 Å². The molecule has 0 spiro atoms. The van der Waals surface area contributed by atoms with Gasteiger partial charge in [-0.3, -0.25) is 4.79 Å². The van der Waals surface area contributed by atoms with Gasteiger partial charge in [-0.1, -0.05) is 58.0 Å². The zero-order valence-electron chi connectivity index (χ0n) is 12.3. The summed E-state index contributed by atoms with van der Waals surface area (Å²) in [6.07, 6.45) is 4.96. The van der Waals surface area contributed by atoms with Gasteiger partial charge in [0.25, 0.3) is 0 Å². The highest BCUT2D eigenvalue weighted by molar-refractivity contribution is 5.71. The number of carbonyl (C=O) groups is 1. The summed E-state index contributed by atoms with van der Waals surface area (Å²) >= 11 is 0. The molecule has 0 aliphatic rings. The quantitative estimate of drug-likeness (QED) is 0.720. The minimum atomic E-state index is -0.156. The lowest BCUT2D eigenvalue weighted by atomic mass is 10.0. The number of carbonyl (C=O) groups excluding carboxylic acids is 1. The van der Waals surface area contributed by atoms with Crippen molar-refractivity contribution in [3.8, 4) is 0 Å². The van der Waals surface area contributed by atoms with Gasteiger partial charge in [0, 0.05) is 0 Å². The molecule has 0 aliphatic carbocycles. The Morgan fingerprint density at radius 1 is 1.16 bits per heavy atom. The maximum absolute atomic E-state index is 11.2. The average Bonchev–Trinajstić information content (AvgIpc) is 2.35. The van der Waals surface area contributed by atoms with E-state index in [1.54, 1.807) is 0 Å². The largest absolute Gasteiger partial charge is 0.461 e. The van der Waals surface area contributed by atoms with Crippen LogP contribution in [0.25, 0.3) is 6.08 Å². The van der Waals surface area contributed by atoms with Crippen LogP contribution in [-0.2, 0) is 16.0 Å². The van der Waals surface area contributed by atoms with Crippen LogP contribution in [0, 0.1) is 11.8 Å². The van der Waals surface area contributed by atoms with E-state index in [1.165, 1.54) is 5.56 Å². The van der Waals surface area contributed by atoms with E-state index < -0.39 is 0 Å². The third-order valence-electron chi connectivity index (χ3n) is 2.73. The monoisotopic (exact) mass is 260 g/mol. The summed E-state index contributed by atoms with van der Waals surface area (Å²) in [5.74, 6) is 0.456. The summed E-state index contributed by atoms with van der Waals surface area (Å²) in [4.78, 5) is 11.2. The first-order chi connectivity index (χ1) is 8.99. The van der Waals surface area contributed by atoms with Crippen molar-refractivity contribution in [3.63, 3.8) is 0 Å². The smallest absolute Gasteiger partial charge is 0.308 e. The Morgan fingerprint density at radius 2 is 1.79 bits per heavy atom. The molecule has 0 N–H and O–H groups in total. The first kappa shape index (κ1) is 15.5. The van der Waals surface area contributed by atoms with E-state index in [1.807, 2.05) is 26.0 Å². The third kappa shape index (κ3) is 6.23. The van der Waals surface area contributed by atoms with Gasteiger partial charge in [-0.05, 0) is 29.5 Å². The minimum absolute atomic E-state index is 0.0660. The van der Waals surface area contributed by atoms with E-state index >= 15 is 0 Å². The second-order valence-corrected chi connectivity index (χ2v) is 5.53. The van der Waals surface area contributed by atoms with E-state index in [4.69, 9.17) is 4.74 Å². The molecule has 104 valence electrons. The van der Waals surface area contributed by atoms with Crippen molar-refractivity contribution in [1.29, 1.82) is 0 Å². The molecule has 2 nitrogen and oxygen atoms in total. The summed E-state index contributed by atoms with van der Waals surface area (Å²) in [5.41, 5.74) is 2.49. The standard InChI is InChI=1S/C17H24O2/c1-13(2)12-16-9-7-15(8-10-16)6-5-11-19-17(18)14(3)4/h5-10,13-14H,11-12H2,1-4H3/b6-5+. The molecule has 19 heavy (non-hydrogen) atoms. The van der Waals surface area contributed by atoms with Crippen LogP contribution in [0.3, 0.4) is 0 Å². The number of esters is 1. The lowest BCUT2D eigenvalue weighted by Gasteiger charge is -2.05. The maximum Gasteiger partial charge on any atom is 0.308 e. The molecule has 0 bridgehead atoms. The van der Waals surface area contributed by atoms with E-state index in [9.17, 15) is 4.79 Å². The number of hydrogen-bond donors (Lipinski definition) is 0. The van der Waals surface area contributed by atoms with Crippen LogP contribution < -0.4 is 0 Å². The lowest BCUT2D eigenvalue weighted by Crippen LogP contribution is -2.11. The Kier molecular flexibility index (Phi) is 6.34. The molecule has 1 aromatic carbocycles. The summed E-state index contributed by atoms with van der Waals surface area (Å²) in [6.45, 7) is 8.44. The van der Waals surface area contributed by atoms with E-state index in [0.717, 1.165) is 12.0 Å². The van der Waals surface area contributed by atoms with Crippen molar-refractivity contribution in [2.45, 2.75) is 34.1 Å². The molecule has 0 amide bonds. The van der Waals surface area contributed by atoms with Crippen LogP contribution in [0.4, 0.5) is 0 Å². The Labute approximate surface area is 116 Å². The van der Waals surface area contributed by atoms with Crippen LogP contribution in [0.2, 0.25) is 0 Å². The van der Waals surface area contributed by atoms with Gasteiger partial charge in [0.1, 0.15) is 6.61 Å². The zero-order valence-corrected chi connectivity index (χ0v) is 12.3. The van der Waals surface area contributed by atoms with Crippen LogP contribution in [0.5, 0.6) is 0 Å². The van der Waals surface area contributed by atoms with Gasteiger partial charge in [0.2, 0.25) is 0 Å². The summed E-state index contributed by atoms with van der Waals surface area (Å²) in [7, 11) is 0. The third-order valence-corrected chi connectivity index (χ3v) is 2.73. The molecule has 1 aromatic rings. The first-order valence-corrected chi connectivity index (χ1v) is 6.91. The second-order valence-electron chi connectivity index (χ2n) is 5.53. The molecule has 0 heterocycles. The first-order valence-electron chi connectivity index (χ1n) is 6.91. The fourth-order valence-corrected chi connectivity index (χ4v) is 1.72. The number of ether oxygens (including phenoxy) is 1. The molecule has 1 rings (SSSR count). The molecule has 0 aromatic heterocycles. The molecule has 2 heteroatoms. The predicted molar refractivity (Wildman–Crippen MR) is 79.8 cm³/mol. The highest BCUT2D eigenvalue weighted by Crippen LogP contribution is 2.10. The van der Waals surface area contributed by atoms with Gasteiger partial charge in [-0.15, -0.1) is 0 Å². The second kappa shape index (κ2) is 7.78. The molecule has 0 atom stereocenters. The lowest BCUT2D eigenvalue weighted by molar-refractivity contribution is -0.145. The summed E-state index contributed by atoms with van der Waals surface area (Å²) < 4.78 is 5.08. The van der Waals surface area contributed by atoms with Crippen molar-refractivity contribution < 1.29 is 9.53 Å². The molecule has 0 fully saturated rings. The SMILES string of the molecule is CC(C)Cc1ccc(/C=C/COC(=O)C(C)C)cc1. The number of benzene rings is 1. The van der Waals surface area contributed by atoms with Gasteiger partial charge in [0.05, 0.1) is 5.92 Å². The minimum Gasteiger partial charge on any atom is -0.461 e. The Morgan fingerprint density at radius 3 is 2.32 bits per heavy atom. The van der Waals surface area contributed by atoms with Gasteiger partial charge >= 0.3 is 5.97 Å². The van der Waals surface area contributed by atoms with Gasteiger partial charge in [0.15, 0.2) is 0 Å². The van der Waals surface area contributed by atoms with Crippen molar-refractivity contribution in [2.24, 2.45) is 11.8 Å². The Hall–Kier alpha value is -1.57. The molecular formula is C17H24O2. The van der Waals surface area contributed by atoms with E-state index in [2.05, 4.69) is 38.1 Å². The number of hydrogen-bond acceptors (Lipinski definition) is 2. The van der Waals surface area contributed by atoms with E-state index in [0.29, 0.717) is 12.5 Å². The Bertz CT molecular complexity index is 413. The maximum atomic E-state index is 11.2. The molecule has 0 radical (unpaired) electrons. The number of rotatable bonds is 6. The fourth-order valence-electron chi connectivity index (χ4n) is 1.72. The molecule has 0 unspecified atom stereocenters. The van der Waals surface area contributed by atoms with Gasteiger partial charge in [-0.2, -0.15) is 0 Å². The van der Waals surface area contributed by atoms with Gasteiger partial charge < -0.3 is 4.74 Å². The zero-order chi connectivity index (χ0) is 14.3. The van der Waals surface area contributed by atoms with Crippen LogP contribution in [0.15, 0.2) is 30.3 Å². The van der Waals surface area contributed by atoms with Crippen molar-refractivity contribution in [1.82, 2.24) is 0 Å². The van der Waals surface area contributed by atoms with E-state index in [-0.39, 0.29) is 11.9 Å².